The van der Waals surface area contributed by atoms with Crippen molar-refractivity contribution in [3.63, 3.8) is 0 Å². The molecule has 0 bridgehead atoms. The zero-order valence-corrected chi connectivity index (χ0v) is 10.8. The fourth-order valence-corrected chi connectivity index (χ4v) is 1.27. The molecule has 1 aliphatic heterocycles. The second kappa shape index (κ2) is 5.56. The predicted molar refractivity (Wildman–Crippen MR) is 64.3 cm³/mol. The highest BCUT2D eigenvalue weighted by molar-refractivity contribution is 6.50. The summed E-state index contributed by atoms with van der Waals surface area (Å²) in [5.74, 6) is 0. The smallest absolute Gasteiger partial charge is 0.418 e. The molecule has 0 aliphatic carbocycles. The van der Waals surface area contributed by atoms with Crippen LogP contribution in [0.2, 0.25) is 0 Å². The molecule has 0 spiro atoms. The summed E-state index contributed by atoms with van der Waals surface area (Å²) in [6, 6.07) is 8.00. The van der Waals surface area contributed by atoms with Crippen LogP contribution in [-0.2, 0) is 0 Å². The monoisotopic (exact) mass is 278 g/mol. The van der Waals surface area contributed by atoms with E-state index in [0.29, 0.717) is 0 Å². The highest BCUT2D eigenvalue weighted by Crippen LogP contribution is 2.24. The summed E-state index contributed by atoms with van der Waals surface area (Å²) in [6.07, 6.45) is 0. The SMILES string of the molecule is CC(C)(C)N1N=Nc2ccccc2[NH2+]1.F[B-](F)(F)F. The van der Waals surface area contributed by atoms with Crippen LogP contribution < -0.4 is 5.43 Å². The van der Waals surface area contributed by atoms with E-state index in [0.717, 1.165) is 11.4 Å². The number of halogens is 4. The first-order chi connectivity index (χ1) is 8.57. The van der Waals surface area contributed by atoms with E-state index in [-0.39, 0.29) is 5.54 Å². The quantitative estimate of drug-likeness (QED) is 0.337. The molecule has 2 N–H and O–H groups in total. The molecule has 1 aromatic rings. The second-order valence-corrected chi connectivity index (χ2v) is 4.89. The Kier molecular flexibility index (Phi) is 4.51. The highest BCUT2D eigenvalue weighted by Gasteiger charge is 2.27. The summed E-state index contributed by atoms with van der Waals surface area (Å²) < 4.78 is 39.0. The Hall–Kier alpha value is -1.64. The van der Waals surface area contributed by atoms with Gasteiger partial charge in [-0.1, -0.05) is 12.1 Å². The first-order valence-electron chi connectivity index (χ1n) is 5.59. The summed E-state index contributed by atoms with van der Waals surface area (Å²) in [6.45, 7) is 6.32. The molecule has 4 nitrogen and oxygen atoms in total. The van der Waals surface area contributed by atoms with Crippen LogP contribution in [-0.4, -0.2) is 17.9 Å². The van der Waals surface area contributed by atoms with Crippen molar-refractivity contribution < 1.29 is 22.7 Å². The highest BCUT2D eigenvalue weighted by atomic mass is 19.5. The van der Waals surface area contributed by atoms with Gasteiger partial charge in [-0.2, -0.15) is 5.43 Å². The van der Waals surface area contributed by atoms with Crippen molar-refractivity contribution in [2.24, 2.45) is 10.3 Å². The predicted octanol–water partition coefficient (Wildman–Crippen LogP) is 3.21. The number of rotatable bonds is 0. The van der Waals surface area contributed by atoms with Crippen LogP contribution in [0.3, 0.4) is 0 Å². The van der Waals surface area contributed by atoms with Gasteiger partial charge in [-0.3, -0.25) is 0 Å². The van der Waals surface area contributed by atoms with Crippen molar-refractivity contribution in [2.75, 3.05) is 0 Å². The standard InChI is InChI=1S/C10H14N4.BF4/c1-10(2,3)14-12-9-7-5-4-6-8(9)11-13-14;2-1(3,4)5/h4-7,12H,1-3H3;/q;-1/p+1. The topological polar surface area (TPSA) is 44.6 Å². The maximum atomic E-state index is 9.75. The van der Waals surface area contributed by atoms with Crippen molar-refractivity contribution in [1.29, 1.82) is 0 Å². The lowest BCUT2D eigenvalue weighted by Crippen LogP contribution is -2.91. The van der Waals surface area contributed by atoms with E-state index >= 15 is 0 Å². The van der Waals surface area contributed by atoms with Gasteiger partial charge in [0.05, 0.1) is 0 Å². The normalized spacial score (nSPS) is 14.6. The maximum absolute atomic E-state index is 9.75. The third-order valence-corrected chi connectivity index (χ3v) is 2.13. The Morgan fingerprint density at radius 2 is 1.63 bits per heavy atom. The lowest BCUT2D eigenvalue weighted by molar-refractivity contribution is -0.758. The molecule has 0 aromatic heterocycles. The molecule has 106 valence electrons. The van der Waals surface area contributed by atoms with Gasteiger partial charge in [0.15, 0.2) is 11.4 Å². The second-order valence-electron chi connectivity index (χ2n) is 4.89. The minimum atomic E-state index is -6.00. The number of hydrogen-bond donors (Lipinski definition) is 1. The Bertz CT molecular complexity index is 450. The van der Waals surface area contributed by atoms with Gasteiger partial charge in [-0.05, 0) is 32.1 Å². The number of nitrogens with two attached hydrogens (primary N) is 1. The molecule has 0 fully saturated rings. The average molecular weight is 278 g/mol. The zero-order chi connectivity index (χ0) is 14.7. The summed E-state index contributed by atoms with van der Waals surface area (Å²) in [4.78, 5) is 0. The molecule has 0 saturated carbocycles. The van der Waals surface area contributed by atoms with Crippen molar-refractivity contribution in [2.45, 2.75) is 26.3 Å². The number of hydrogen-bond acceptors (Lipinski definition) is 3. The van der Waals surface area contributed by atoms with Gasteiger partial charge in [-0.25, -0.2) is 0 Å². The van der Waals surface area contributed by atoms with Crippen molar-refractivity contribution in [1.82, 2.24) is 5.12 Å². The van der Waals surface area contributed by atoms with Crippen LogP contribution in [0.1, 0.15) is 20.8 Å². The van der Waals surface area contributed by atoms with Gasteiger partial charge < -0.3 is 17.3 Å². The van der Waals surface area contributed by atoms with Gasteiger partial charge in [0, 0.05) is 6.07 Å². The van der Waals surface area contributed by atoms with Gasteiger partial charge in [0.1, 0.15) is 5.54 Å². The van der Waals surface area contributed by atoms with Gasteiger partial charge in [-0.15, -0.1) is 10.2 Å². The third kappa shape index (κ3) is 5.69. The first kappa shape index (κ1) is 15.4. The van der Waals surface area contributed by atoms with E-state index in [1.807, 2.05) is 34.8 Å². The summed E-state index contributed by atoms with van der Waals surface area (Å²) >= 11 is 0. The fraction of sp³-hybridized carbons (Fsp3) is 0.400. The molecule has 0 amide bonds. The minimum Gasteiger partial charge on any atom is -0.418 e. The van der Waals surface area contributed by atoms with Gasteiger partial charge in [0.25, 0.3) is 0 Å². The zero-order valence-electron chi connectivity index (χ0n) is 10.8. The number of fused-ring (bicyclic) bond motifs is 1. The van der Waals surface area contributed by atoms with E-state index in [9.17, 15) is 17.3 Å². The van der Waals surface area contributed by atoms with Crippen LogP contribution in [0, 0.1) is 0 Å². The summed E-state index contributed by atoms with van der Waals surface area (Å²) in [5.41, 5.74) is 4.07. The summed E-state index contributed by atoms with van der Waals surface area (Å²) in [5, 5.41) is 10.2. The van der Waals surface area contributed by atoms with E-state index in [2.05, 4.69) is 31.1 Å². The third-order valence-electron chi connectivity index (χ3n) is 2.13. The lowest BCUT2D eigenvalue weighted by Gasteiger charge is -2.29. The molecule has 9 heteroatoms. The van der Waals surface area contributed by atoms with Crippen LogP contribution in [0.25, 0.3) is 0 Å². The van der Waals surface area contributed by atoms with E-state index in [4.69, 9.17) is 0 Å². The van der Waals surface area contributed by atoms with Crippen LogP contribution >= 0.6 is 0 Å². The van der Waals surface area contributed by atoms with E-state index in [1.54, 1.807) is 0 Å². The fourth-order valence-electron chi connectivity index (χ4n) is 1.27. The Morgan fingerprint density at radius 3 is 2.16 bits per heavy atom. The Labute approximate surface area is 108 Å². The minimum absolute atomic E-state index is 0.0168. The largest absolute Gasteiger partial charge is 0.673 e. The molecule has 0 saturated heterocycles. The molecule has 19 heavy (non-hydrogen) atoms. The van der Waals surface area contributed by atoms with Crippen molar-refractivity contribution >= 4 is 18.6 Å². The first-order valence-corrected chi connectivity index (χ1v) is 5.59. The van der Waals surface area contributed by atoms with Gasteiger partial charge in [0.2, 0.25) is 0 Å². The molecular formula is C10H15BF4N4. The molecule has 1 aromatic carbocycles. The number of benzene rings is 1. The molecular weight excluding hydrogens is 263 g/mol. The van der Waals surface area contributed by atoms with Crippen LogP contribution in [0.4, 0.5) is 28.6 Å². The lowest BCUT2D eigenvalue weighted by atomic mass is 10.1. The number of nitrogens with zero attached hydrogens (tertiary/aromatic N) is 3. The summed E-state index contributed by atoms with van der Waals surface area (Å²) in [7, 11) is -6.00. The Balaban J connectivity index is 0.000000312. The molecule has 2 rings (SSSR count). The molecule has 1 heterocycles. The van der Waals surface area contributed by atoms with Crippen molar-refractivity contribution in [3.8, 4) is 0 Å². The Morgan fingerprint density at radius 1 is 1.11 bits per heavy atom. The van der Waals surface area contributed by atoms with Crippen molar-refractivity contribution in [3.05, 3.63) is 24.3 Å². The van der Waals surface area contributed by atoms with Crippen LogP contribution in [0.5, 0.6) is 0 Å². The van der Waals surface area contributed by atoms with Crippen LogP contribution in [0.15, 0.2) is 34.6 Å². The van der Waals surface area contributed by atoms with E-state index < -0.39 is 7.25 Å². The average Bonchev–Trinajstić information content (AvgIpc) is 2.25. The van der Waals surface area contributed by atoms with E-state index in [1.165, 1.54) is 0 Å². The molecule has 1 aliphatic rings. The molecule has 0 atom stereocenters. The molecule has 0 unspecified atom stereocenters. The maximum Gasteiger partial charge on any atom is 0.673 e. The van der Waals surface area contributed by atoms with Gasteiger partial charge >= 0.3 is 7.25 Å². The number of quaternary nitrogens is 1. The molecule has 0 radical (unpaired) electrons.